The molecule has 44 heavy (non-hydrogen) atoms. The molecule has 0 aliphatic rings. The molecule has 0 radical (unpaired) electrons. The van der Waals surface area contributed by atoms with Gasteiger partial charge in [-0.05, 0) is 92.2 Å². The molecule has 2 heterocycles. The number of benzene rings is 4. The molecule has 7 nitrogen and oxygen atoms in total. The van der Waals surface area contributed by atoms with Crippen LogP contribution >= 0.6 is 27.7 Å². The van der Waals surface area contributed by atoms with Crippen LogP contribution in [0.4, 0.5) is 17.2 Å². The highest BCUT2D eigenvalue weighted by molar-refractivity contribution is 9.10. The fourth-order valence-corrected chi connectivity index (χ4v) is 5.82. The van der Waals surface area contributed by atoms with Gasteiger partial charge in [0.2, 0.25) is 0 Å². The SMILES string of the molecule is CC(C)(O)c1ccc2c(N(c3ccccc3)c3cc(OCc4ccc(Br)cc4)ccc3Sc3ccc(O)cc3)ncnc2n1. The average Bonchev–Trinajstić information content (AvgIpc) is 3.03. The summed E-state index contributed by atoms with van der Waals surface area (Å²) in [5, 5.41) is 21.2. The molecule has 4 aromatic carbocycles. The van der Waals surface area contributed by atoms with Gasteiger partial charge in [-0.3, -0.25) is 4.90 Å². The third-order valence-corrected chi connectivity index (χ3v) is 8.49. The quantitative estimate of drug-likeness (QED) is 0.158. The molecular formula is C35H29BrN4O3S. The number of phenolic OH excluding ortho intramolecular Hbond substituents is 1. The number of hydrogen-bond acceptors (Lipinski definition) is 8. The summed E-state index contributed by atoms with van der Waals surface area (Å²) in [4.78, 5) is 17.9. The van der Waals surface area contributed by atoms with Gasteiger partial charge in [0.25, 0.3) is 0 Å². The Morgan fingerprint density at radius 2 is 1.61 bits per heavy atom. The van der Waals surface area contributed by atoms with Gasteiger partial charge < -0.3 is 14.9 Å². The maximum absolute atomic E-state index is 10.6. The highest BCUT2D eigenvalue weighted by atomic mass is 79.9. The van der Waals surface area contributed by atoms with Crippen LogP contribution in [0.3, 0.4) is 0 Å². The van der Waals surface area contributed by atoms with Crippen molar-refractivity contribution in [3.63, 3.8) is 0 Å². The fourth-order valence-electron chi connectivity index (χ4n) is 4.64. The second-order valence-electron chi connectivity index (χ2n) is 10.6. The van der Waals surface area contributed by atoms with E-state index in [0.717, 1.165) is 36.6 Å². The standard InChI is InChI=1S/C35H29BrN4O3S/c1-35(2,42)32-19-17-29-33(39-32)37-22-38-34(29)40(25-6-4-3-5-7-25)30-20-27(43-21-23-8-10-24(36)11-9-23)14-18-31(30)44-28-15-12-26(41)13-16-28/h3-20,22,41-42H,21H2,1-2H3. The van der Waals surface area contributed by atoms with Gasteiger partial charge in [0.15, 0.2) is 11.5 Å². The number of aromatic nitrogens is 3. The molecule has 9 heteroatoms. The first-order chi connectivity index (χ1) is 21.2. The molecule has 0 amide bonds. The van der Waals surface area contributed by atoms with Crippen LogP contribution in [0.1, 0.15) is 25.1 Å². The minimum absolute atomic E-state index is 0.211. The zero-order chi connectivity index (χ0) is 30.7. The smallest absolute Gasteiger partial charge is 0.165 e. The van der Waals surface area contributed by atoms with Crippen LogP contribution in [0, 0.1) is 0 Å². The largest absolute Gasteiger partial charge is 0.508 e. The van der Waals surface area contributed by atoms with Crippen LogP contribution in [-0.4, -0.2) is 25.2 Å². The molecule has 2 aromatic heterocycles. The summed E-state index contributed by atoms with van der Waals surface area (Å²) in [5.41, 5.74) is 2.66. The van der Waals surface area contributed by atoms with Crippen LogP contribution in [0.25, 0.3) is 11.0 Å². The van der Waals surface area contributed by atoms with Crippen molar-refractivity contribution in [2.75, 3.05) is 4.90 Å². The van der Waals surface area contributed by atoms with Crippen molar-refractivity contribution in [1.29, 1.82) is 0 Å². The van der Waals surface area contributed by atoms with E-state index in [2.05, 4.69) is 30.8 Å². The van der Waals surface area contributed by atoms with E-state index in [-0.39, 0.29) is 5.75 Å². The predicted molar refractivity (Wildman–Crippen MR) is 178 cm³/mol. The van der Waals surface area contributed by atoms with Gasteiger partial charge in [0, 0.05) is 26.0 Å². The van der Waals surface area contributed by atoms with E-state index in [0.29, 0.717) is 29.5 Å². The summed E-state index contributed by atoms with van der Waals surface area (Å²) in [6.45, 7) is 3.81. The monoisotopic (exact) mass is 664 g/mol. The van der Waals surface area contributed by atoms with Gasteiger partial charge in [-0.15, -0.1) is 0 Å². The zero-order valence-electron chi connectivity index (χ0n) is 24.1. The van der Waals surface area contributed by atoms with E-state index < -0.39 is 5.60 Å². The van der Waals surface area contributed by atoms with Crippen LogP contribution in [-0.2, 0) is 12.2 Å². The van der Waals surface area contributed by atoms with Crippen molar-refractivity contribution < 1.29 is 14.9 Å². The van der Waals surface area contributed by atoms with Crippen molar-refractivity contribution in [3.05, 3.63) is 131 Å². The van der Waals surface area contributed by atoms with Gasteiger partial charge in [-0.1, -0.05) is 58.0 Å². The molecule has 6 aromatic rings. The van der Waals surface area contributed by atoms with Crippen LogP contribution in [0.5, 0.6) is 11.5 Å². The Hall–Kier alpha value is -4.44. The molecule has 0 atom stereocenters. The Morgan fingerprint density at radius 3 is 2.34 bits per heavy atom. The number of ether oxygens (including phenoxy) is 1. The Labute approximate surface area is 268 Å². The number of halogens is 1. The van der Waals surface area contributed by atoms with Crippen molar-refractivity contribution in [3.8, 4) is 11.5 Å². The molecule has 0 aliphatic heterocycles. The van der Waals surface area contributed by atoms with E-state index in [9.17, 15) is 10.2 Å². The number of phenols is 1. The predicted octanol–water partition coefficient (Wildman–Crippen LogP) is 8.92. The fraction of sp³-hybridized carbons (Fsp3) is 0.114. The number of nitrogens with zero attached hydrogens (tertiary/aromatic N) is 4. The van der Waals surface area contributed by atoms with Gasteiger partial charge in [-0.2, -0.15) is 0 Å². The normalized spacial score (nSPS) is 11.5. The average molecular weight is 666 g/mol. The number of hydrogen-bond donors (Lipinski definition) is 2. The maximum Gasteiger partial charge on any atom is 0.165 e. The number of para-hydroxylation sites is 1. The number of fused-ring (bicyclic) bond motifs is 1. The second kappa shape index (κ2) is 12.7. The molecule has 2 N–H and O–H groups in total. The summed E-state index contributed by atoms with van der Waals surface area (Å²) in [6.07, 6.45) is 1.50. The molecule has 6 rings (SSSR count). The minimum Gasteiger partial charge on any atom is -0.508 e. The lowest BCUT2D eigenvalue weighted by Gasteiger charge is -2.28. The Bertz CT molecular complexity index is 1900. The minimum atomic E-state index is -1.12. The van der Waals surface area contributed by atoms with Crippen molar-refractivity contribution >= 4 is 55.9 Å². The summed E-state index contributed by atoms with van der Waals surface area (Å²) < 4.78 is 7.31. The molecule has 0 fully saturated rings. The lowest BCUT2D eigenvalue weighted by atomic mass is 10.0. The van der Waals surface area contributed by atoms with Gasteiger partial charge >= 0.3 is 0 Å². The van der Waals surface area contributed by atoms with Crippen molar-refractivity contribution in [1.82, 2.24) is 15.0 Å². The second-order valence-corrected chi connectivity index (χ2v) is 12.7. The van der Waals surface area contributed by atoms with Crippen LogP contribution < -0.4 is 9.64 Å². The van der Waals surface area contributed by atoms with Crippen LogP contribution in [0.15, 0.2) is 130 Å². The molecule has 0 saturated carbocycles. The van der Waals surface area contributed by atoms with Crippen LogP contribution in [0.2, 0.25) is 0 Å². The number of aromatic hydroxyl groups is 1. The van der Waals surface area contributed by atoms with E-state index in [1.165, 1.54) is 6.33 Å². The van der Waals surface area contributed by atoms with Crippen molar-refractivity contribution in [2.24, 2.45) is 0 Å². The summed E-state index contributed by atoms with van der Waals surface area (Å²) >= 11 is 5.06. The molecule has 0 unspecified atom stereocenters. The summed E-state index contributed by atoms with van der Waals surface area (Å²) in [6, 6.07) is 34.9. The third-order valence-electron chi connectivity index (χ3n) is 6.88. The Balaban J connectivity index is 1.50. The first kappa shape index (κ1) is 29.6. The van der Waals surface area contributed by atoms with E-state index in [1.807, 2.05) is 97.1 Å². The molecule has 0 aliphatic carbocycles. The highest BCUT2D eigenvalue weighted by Crippen LogP contribution is 2.45. The van der Waals surface area contributed by atoms with E-state index in [1.54, 1.807) is 37.7 Å². The highest BCUT2D eigenvalue weighted by Gasteiger charge is 2.24. The number of anilines is 3. The van der Waals surface area contributed by atoms with Gasteiger partial charge in [-0.25, -0.2) is 15.0 Å². The lowest BCUT2D eigenvalue weighted by molar-refractivity contribution is 0.0741. The first-order valence-corrected chi connectivity index (χ1v) is 15.5. The molecule has 0 spiro atoms. The number of aliphatic hydroxyl groups is 1. The molecular weight excluding hydrogens is 636 g/mol. The Kier molecular flexibility index (Phi) is 8.52. The molecule has 0 saturated heterocycles. The lowest BCUT2D eigenvalue weighted by Crippen LogP contribution is -2.18. The van der Waals surface area contributed by atoms with E-state index >= 15 is 0 Å². The first-order valence-electron chi connectivity index (χ1n) is 13.9. The third kappa shape index (κ3) is 6.70. The van der Waals surface area contributed by atoms with Gasteiger partial charge in [0.1, 0.15) is 30.0 Å². The zero-order valence-corrected chi connectivity index (χ0v) is 26.5. The Morgan fingerprint density at radius 1 is 0.864 bits per heavy atom. The van der Waals surface area contributed by atoms with E-state index in [4.69, 9.17) is 9.72 Å². The summed E-state index contributed by atoms with van der Waals surface area (Å²) in [5.74, 6) is 1.54. The number of pyridine rings is 1. The molecule has 220 valence electrons. The maximum atomic E-state index is 10.6. The van der Waals surface area contributed by atoms with Crippen molar-refractivity contribution in [2.45, 2.75) is 35.8 Å². The molecule has 0 bridgehead atoms. The topological polar surface area (TPSA) is 91.6 Å². The summed E-state index contributed by atoms with van der Waals surface area (Å²) in [7, 11) is 0. The number of rotatable bonds is 9. The van der Waals surface area contributed by atoms with Gasteiger partial charge in [0.05, 0.1) is 16.8 Å².